The summed E-state index contributed by atoms with van der Waals surface area (Å²) in [4.78, 5) is 12.5. The van der Waals surface area contributed by atoms with E-state index in [1.54, 1.807) is 0 Å². The summed E-state index contributed by atoms with van der Waals surface area (Å²) >= 11 is 0. The van der Waals surface area contributed by atoms with Crippen LogP contribution in [-0.2, 0) is 11.3 Å². The van der Waals surface area contributed by atoms with Gasteiger partial charge in [0, 0.05) is 12.6 Å². The third-order valence-electron chi connectivity index (χ3n) is 4.40. The molecule has 5 N–H and O–H groups in total. The Bertz CT molecular complexity index is 505. The van der Waals surface area contributed by atoms with Gasteiger partial charge in [-0.15, -0.1) is 0 Å². The van der Waals surface area contributed by atoms with Gasteiger partial charge in [-0.2, -0.15) is 0 Å². The Labute approximate surface area is 158 Å². The molecule has 0 radical (unpaired) electrons. The van der Waals surface area contributed by atoms with E-state index in [0.29, 0.717) is 31.3 Å². The lowest BCUT2D eigenvalue weighted by molar-refractivity contribution is -0.123. The molecule has 1 aromatic carbocycles. The van der Waals surface area contributed by atoms with Crippen LogP contribution in [0.4, 0.5) is 0 Å². The van der Waals surface area contributed by atoms with Crippen molar-refractivity contribution in [2.24, 2.45) is 17.6 Å². The van der Waals surface area contributed by atoms with Crippen LogP contribution in [0.3, 0.4) is 0 Å². The van der Waals surface area contributed by atoms with Gasteiger partial charge in [-0.25, -0.2) is 0 Å². The Balaban J connectivity index is 2.46. The van der Waals surface area contributed by atoms with Crippen LogP contribution < -0.4 is 16.4 Å². The maximum atomic E-state index is 12.5. The van der Waals surface area contributed by atoms with Crippen molar-refractivity contribution in [1.29, 1.82) is 0 Å². The Kier molecular flexibility index (Phi) is 10.5. The topological polar surface area (TPSA) is 87.4 Å². The molecular formula is C21H37N3O2. The molecule has 0 heterocycles. The number of nitrogens with one attached hydrogen (secondary N) is 2. The molecule has 1 aromatic rings. The van der Waals surface area contributed by atoms with E-state index in [0.717, 1.165) is 18.4 Å². The van der Waals surface area contributed by atoms with E-state index in [-0.39, 0.29) is 18.0 Å². The molecule has 0 bridgehead atoms. The summed E-state index contributed by atoms with van der Waals surface area (Å²) in [6.07, 6.45) is 1.56. The van der Waals surface area contributed by atoms with Gasteiger partial charge in [0.25, 0.3) is 0 Å². The second-order valence-corrected chi connectivity index (χ2v) is 7.99. The Morgan fingerprint density at radius 2 is 1.69 bits per heavy atom. The van der Waals surface area contributed by atoms with E-state index >= 15 is 0 Å². The highest BCUT2D eigenvalue weighted by molar-refractivity contribution is 5.81. The van der Waals surface area contributed by atoms with Crippen molar-refractivity contribution in [3.05, 3.63) is 35.9 Å². The number of carbonyl (C=O) groups is 1. The van der Waals surface area contributed by atoms with Gasteiger partial charge in [0.05, 0.1) is 12.1 Å². The van der Waals surface area contributed by atoms with Crippen molar-refractivity contribution in [3.8, 4) is 0 Å². The molecule has 0 saturated heterocycles. The van der Waals surface area contributed by atoms with E-state index in [4.69, 9.17) is 5.73 Å². The van der Waals surface area contributed by atoms with Crippen molar-refractivity contribution >= 4 is 5.91 Å². The number of hydrogen-bond acceptors (Lipinski definition) is 4. The molecular weight excluding hydrogens is 326 g/mol. The quantitative estimate of drug-likeness (QED) is 0.459. The standard InChI is InChI=1S/C21H37N3O2/c1-15(2)12-18(22)20(25)10-11-23-19(13-16(3)4)21(26)24-14-17-8-6-5-7-9-17/h5-9,15-16,18-20,23,25H,10-14,22H2,1-4H3,(H,24,26)/t18-,19-,20-/m0/s1. The SMILES string of the molecule is CC(C)C[C@H](NCC[C@H](O)[C@@H](N)CC(C)C)C(=O)NCc1ccccc1. The maximum Gasteiger partial charge on any atom is 0.237 e. The number of carbonyl (C=O) groups excluding carboxylic acids is 1. The zero-order chi connectivity index (χ0) is 19.5. The summed E-state index contributed by atoms with van der Waals surface area (Å²) < 4.78 is 0. The summed E-state index contributed by atoms with van der Waals surface area (Å²) in [5.74, 6) is 0.872. The molecule has 0 fully saturated rings. The molecule has 5 heteroatoms. The summed E-state index contributed by atoms with van der Waals surface area (Å²) in [5.41, 5.74) is 7.11. The first kappa shape index (κ1) is 22.6. The van der Waals surface area contributed by atoms with Crippen LogP contribution in [0.25, 0.3) is 0 Å². The van der Waals surface area contributed by atoms with Crippen LogP contribution in [0.1, 0.15) is 52.5 Å². The highest BCUT2D eigenvalue weighted by Crippen LogP contribution is 2.09. The predicted octanol–water partition coefficient (Wildman–Crippen LogP) is 2.43. The van der Waals surface area contributed by atoms with Gasteiger partial charge in [0.15, 0.2) is 0 Å². The number of benzene rings is 1. The molecule has 1 amide bonds. The van der Waals surface area contributed by atoms with Crippen molar-refractivity contribution < 1.29 is 9.90 Å². The molecule has 0 aliphatic heterocycles. The fourth-order valence-electron chi connectivity index (χ4n) is 2.98. The minimum absolute atomic E-state index is 0.00326. The molecule has 26 heavy (non-hydrogen) atoms. The first-order valence-electron chi connectivity index (χ1n) is 9.78. The third kappa shape index (κ3) is 9.32. The van der Waals surface area contributed by atoms with Crippen LogP contribution in [-0.4, -0.2) is 35.7 Å². The molecule has 3 atom stereocenters. The number of amides is 1. The molecule has 5 nitrogen and oxygen atoms in total. The first-order valence-corrected chi connectivity index (χ1v) is 9.78. The van der Waals surface area contributed by atoms with E-state index < -0.39 is 6.10 Å². The summed E-state index contributed by atoms with van der Waals surface area (Å²) in [6.45, 7) is 9.50. The molecule has 0 unspecified atom stereocenters. The van der Waals surface area contributed by atoms with Gasteiger partial charge >= 0.3 is 0 Å². The molecule has 0 aliphatic rings. The van der Waals surface area contributed by atoms with Crippen LogP contribution in [0.15, 0.2) is 30.3 Å². The minimum atomic E-state index is -0.544. The first-order chi connectivity index (χ1) is 12.3. The third-order valence-corrected chi connectivity index (χ3v) is 4.40. The van der Waals surface area contributed by atoms with Crippen molar-refractivity contribution in [2.45, 2.75) is 71.7 Å². The molecule has 0 aliphatic carbocycles. The van der Waals surface area contributed by atoms with Crippen LogP contribution in [0.5, 0.6) is 0 Å². The maximum absolute atomic E-state index is 12.5. The number of aliphatic hydroxyl groups excluding tert-OH is 1. The van der Waals surface area contributed by atoms with Crippen LogP contribution in [0.2, 0.25) is 0 Å². The average Bonchev–Trinajstić information content (AvgIpc) is 2.58. The summed E-state index contributed by atoms with van der Waals surface area (Å²) in [6, 6.07) is 9.42. The summed E-state index contributed by atoms with van der Waals surface area (Å²) in [5, 5.41) is 16.5. The van der Waals surface area contributed by atoms with Crippen molar-refractivity contribution in [3.63, 3.8) is 0 Å². The van der Waals surface area contributed by atoms with Gasteiger partial charge in [-0.05, 0) is 43.2 Å². The second-order valence-electron chi connectivity index (χ2n) is 7.99. The normalized spacial score (nSPS) is 15.1. The van der Waals surface area contributed by atoms with E-state index in [2.05, 4.69) is 38.3 Å². The average molecular weight is 364 g/mol. The fourth-order valence-corrected chi connectivity index (χ4v) is 2.98. The zero-order valence-electron chi connectivity index (χ0n) is 16.7. The van der Waals surface area contributed by atoms with Crippen LogP contribution >= 0.6 is 0 Å². The molecule has 148 valence electrons. The van der Waals surface area contributed by atoms with Gasteiger partial charge in [-0.3, -0.25) is 4.79 Å². The lowest BCUT2D eigenvalue weighted by atomic mass is 9.98. The van der Waals surface area contributed by atoms with E-state index in [1.165, 1.54) is 0 Å². The number of nitrogens with two attached hydrogens (primary N) is 1. The number of rotatable bonds is 12. The molecule has 1 rings (SSSR count). The highest BCUT2D eigenvalue weighted by Gasteiger charge is 2.21. The smallest absolute Gasteiger partial charge is 0.237 e. The largest absolute Gasteiger partial charge is 0.391 e. The molecule has 0 aromatic heterocycles. The van der Waals surface area contributed by atoms with Gasteiger partial charge < -0.3 is 21.5 Å². The fraction of sp³-hybridized carbons (Fsp3) is 0.667. The second kappa shape index (κ2) is 12.0. The lowest BCUT2D eigenvalue weighted by Gasteiger charge is -2.23. The zero-order valence-corrected chi connectivity index (χ0v) is 16.7. The lowest BCUT2D eigenvalue weighted by Crippen LogP contribution is -2.46. The summed E-state index contributed by atoms with van der Waals surface area (Å²) in [7, 11) is 0. The molecule has 0 spiro atoms. The van der Waals surface area contributed by atoms with Gasteiger partial charge in [-0.1, -0.05) is 58.0 Å². The van der Waals surface area contributed by atoms with Crippen molar-refractivity contribution in [1.82, 2.24) is 10.6 Å². The predicted molar refractivity (Wildman–Crippen MR) is 108 cm³/mol. The number of hydrogen-bond donors (Lipinski definition) is 4. The number of aliphatic hydroxyl groups is 1. The van der Waals surface area contributed by atoms with Crippen molar-refractivity contribution in [2.75, 3.05) is 6.54 Å². The van der Waals surface area contributed by atoms with Crippen LogP contribution in [0, 0.1) is 11.8 Å². The Morgan fingerprint density at radius 3 is 2.27 bits per heavy atom. The Morgan fingerprint density at radius 1 is 1.08 bits per heavy atom. The minimum Gasteiger partial charge on any atom is -0.391 e. The van der Waals surface area contributed by atoms with Gasteiger partial charge in [0.2, 0.25) is 5.91 Å². The van der Waals surface area contributed by atoms with Gasteiger partial charge in [0.1, 0.15) is 0 Å². The van der Waals surface area contributed by atoms with E-state index in [9.17, 15) is 9.90 Å². The monoisotopic (exact) mass is 363 g/mol. The van der Waals surface area contributed by atoms with E-state index in [1.807, 2.05) is 30.3 Å². The molecule has 0 saturated carbocycles. The Hall–Kier alpha value is -1.43. The highest BCUT2D eigenvalue weighted by atomic mass is 16.3.